The summed E-state index contributed by atoms with van der Waals surface area (Å²) in [5, 5.41) is 11.0. The molecule has 2 fully saturated rings. The third-order valence-electron chi connectivity index (χ3n) is 5.33. The Morgan fingerprint density at radius 1 is 1.26 bits per heavy atom. The molecular weight excluding hydrogens is 333 g/mol. The molecule has 1 saturated heterocycles. The Hall–Kier alpha value is -0.770. The van der Waals surface area contributed by atoms with Crippen LogP contribution in [-0.4, -0.2) is 34.6 Å². The predicted octanol–water partition coefficient (Wildman–Crippen LogP) is 3.93. The van der Waals surface area contributed by atoms with Crippen molar-refractivity contribution < 1.29 is 9.90 Å². The molecule has 0 radical (unpaired) electrons. The molecule has 1 N–H and O–H groups in total. The highest BCUT2D eigenvalue weighted by atomic mass is 35.5. The van der Waals surface area contributed by atoms with Crippen molar-refractivity contribution in [3.8, 4) is 0 Å². The van der Waals surface area contributed by atoms with Gasteiger partial charge in [0, 0.05) is 28.5 Å². The highest BCUT2D eigenvalue weighted by molar-refractivity contribution is 6.35. The summed E-state index contributed by atoms with van der Waals surface area (Å²) in [6.45, 7) is 2.96. The minimum absolute atomic E-state index is 0.00715. The van der Waals surface area contributed by atoms with Crippen molar-refractivity contribution in [2.45, 2.75) is 51.2 Å². The Morgan fingerprint density at radius 2 is 2.04 bits per heavy atom. The van der Waals surface area contributed by atoms with Crippen LogP contribution in [0.5, 0.6) is 0 Å². The van der Waals surface area contributed by atoms with E-state index in [4.69, 9.17) is 23.2 Å². The van der Waals surface area contributed by atoms with Crippen LogP contribution in [0.4, 0.5) is 0 Å². The maximum Gasteiger partial charge on any atom is 0.226 e. The highest BCUT2D eigenvalue weighted by Crippen LogP contribution is 2.34. The zero-order valence-corrected chi connectivity index (χ0v) is 14.9. The topological polar surface area (TPSA) is 40.5 Å². The van der Waals surface area contributed by atoms with Gasteiger partial charge >= 0.3 is 0 Å². The molecule has 5 heteroatoms. The molecule has 1 aromatic carbocycles. The molecule has 126 valence electrons. The second-order valence-corrected chi connectivity index (χ2v) is 7.81. The van der Waals surface area contributed by atoms with Crippen LogP contribution in [0.1, 0.15) is 38.2 Å². The molecule has 23 heavy (non-hydrogen) atoms. The van der Waals surface area contributed by atoms with Gasteiger partial charge in [-0.05, 0) is 55.7 Å². The molecule has 2 unspecified atom stereocenters. The zero-order valence-electron chi connectivity index (χ0n) is 13.3. The standard InChI is InChI=1S/C18H23Cl2NO2/c1-11-8-15(22)4-5-17(11)21-7-6-13(18(21)23)9-12-2-3-14(19)10-16(12)20/h2-3,10-11,13,15,17,22H,4-9H2,1H3/t11-,13?,15-,17?/m1/s1. The first-order valence-electron chi connectivity index (χ1n) is 8.38. The number of hydrogen-bond acceptors (Lipinski definition) is 2. The average Bonchev–Trinajstić information content (AvgIpc) is 2.83. The van der Waals surface area contributed by atoms with Gasteiger partial charge in [-0.25, -0.2) is 0 Å². The lowest BCUT2D eigenvalue weighted by atomic mass is 9.83. The van der Waals surface area contributed by atoms with Crippen LogP contribution in [0.15, 0.2) is 18.2 Å². The molecule has 3 nitrogen and oxygen atoms in total. The van der Waals surface area contributed by atoms with E-state index in [1.54, 1.807) is 6.07 Å². The van der Waals surface area contributed by atoms with E-state index < -0.39 is 0 Å². The van der Waals surface area contributed by atoms with Crippen LogP contribution >= 0.6 is 23.2 Å². The van der Waals surface area contributed by atoms with Crippen LogP contribution in [0, 0.1) is 11.8 Å². The summed E-state index contributed by atoms with van der Waals surface area (Å²) in [6, 6.07) is 5.75. The lowest BCUT2D eigenvalue weighted by Crippen LogP contribution is -2.45. The summed E-state index contributed by atoms with van der Waals surface area (Å²) in [4.78, 5) is 14.9. The van der Waals surface area contributed by atoms with Gasteiger partial charge in [0.1, 0.15) is 0 Å². The summed E-state index contributed by atoms with van der Waals surface area (Å²) in [5.41, 5.74) is 0.989. The average molecular weight is 356 g/mol. The fourth-order valence-electron chi connectivity index (χ4n) is 4.05. The molecule has 0 spiro atoms. The molecule has 1 aromatic rings. The number of nitrogens with zero attached hydrogens (tertiary/aromatic N) is 1. The first-order valence-corrected chi connectivity index (χ1v) is 9.13. The monoisotopic (exact) mass is 355 g/mol. The number of amides is 1. The Bertz CT molecular complexity index is 592. The van der Waals surface area contributed by atoms with Gasteiger partial charge in [0.15, 0.2) is 0 Å². The fourth-order valence-corrected chi connectivity index (χ4v) is 4.53. The summed E-state index contributed by atoms with van der Waals surface area (Å²) in [7, 11) is 0. The molecule has 1 aliphatic heterocycles. The molecule has 1 heterocycles. The number of likely N-dealkylation sites (tertiary alicyclic amines) is 1. The van der Waals surface area contributed by atoms with Crippen LogP contribution in [0.3, 0.4) is 0 Å². The molecule has 0 aromatic heterocycles. The van der Waals surface area contributed by atoms with Gasteiger partial charge in [-0.15, -0.1) is 0 Å². The summed E-state index contributed by atoms with van der Waals surface area (Å²) >= 11 is 12.2. The number of benzene rings is 1. The maximum absolute atomic E-state index is 12.8. The lowest BCUT2D eigenvalue weighted by Gasteiger charge is -2.38. The van der Waals surface area contributed by atoms with Crippen molar-refractivity contribution in [1.82, 2.24) is 4.90 Å². The van der Waals surface area contributed by atoms with E-state index in [1.165, 1.54) is 0 Å². The van der Waals surface area contributed by atoms with Crippen LogP contribution in [0.25, 0.3) is 0 Å². The number of rotatable bonds is 3. The van der Waals surface area contributed by atoms with Gasteiger partial charge in [0.2, 0.25) is 5.91 Å². The number of aliphatic hydroxyl groups is 1. The molecule has 1 amide bonds. The maximum atomic E-state index is 12.8. The predicted molar refractivity (Wildman–Crippen MR) is 92.8 cm³/mol. The van der Waals surface area contributed by atoms with Crippen LogP contribution < -0.4 is 0 Å². The van der Waals surface area contributed by atoms with E-state index >= 15 is 0 Å². The quantitative estimate of drug-likeness (QED) is 0.891. The second kappa shape index (κ2) is 7.00. The molecule has 1 saturated carbocycles. The third kappa shape index (κ3) is 3.67. The molecular formula is C18H23Cl2NO2. The van der Waals surface area contributed by atoms with Crippen molar-refractivity contribution in [1.29, 1.82) is 0 Å². The molecule has 4 atom stereocenters. The minimum Gasteiger partial charge on any atom is -0.393 e. The SMILES string of the molecule is C[C@@H]1C[C@H](O)CCC1N1CCC(Cc2ccc(Cl)cc2Cl)C1=O. The van der Waals surface area contributed by atoms with Crippen molar-refractivity contribution in [2.75, 3.05) is 6.54 Å². The number of aliphatic hydroxyl groups excluding tert-OH is 1. The highest BCUT2D eigenvalue weighted by Gasteiger charge is 2.39. The first-order chi connectivity index (χ1) is 11.0. The van der Waals surface area contributed by atoms with Crippen molar-refractivity contribution in [3.05, 3.63) is 33.8 Å². The van der Waals surface area contributed by atoms with E-state index in [-0.39, 0.29) is 24.0 Å². The van der Waals surface area contributed by atoms with Crippen LogP contribution in [0.2, 0.25) is 10.0 Å². The smallest absolute Gasteiger partial charge is 0.226 e. The van der Waals surface area contributed by atoms with Gasteiger partial charge in [0.25, 0.3) is 0 Å². The Morgan fingerprint density at radius 3 is 2.74 bits per heavy atom. The molecule has 3 rings (SSSR count). The van der Waals surface area contributed by atoms with Gasteiger partial charge in [-0.3, -0.25) is 4.79 Å². The number of halogens is 2. The summed E-state index contributed by atoms with van der Waals surface area (Å²) in [6.07, 6.45) is 3.85. The lowest BCUT2D eigenvalue weighted by molar-refractivity contribution is -0.135. The van der Waals surface area contributed by atoms with E-state index in [0.717, 1.165) is 37.8 Å². The Kier molecular flexibility index (Phi) is 5.19. The van der Waals surface area contributed by atoms with Crippen LogP contribution in [-0.2, 0) is 11.2 Å². The van der Waals surface area contributed by atoms with Crippen molar-refractivity contribution >= 4 is 29.1 Å². The van der Waals surface area contributed by atoms with Crippen molar-refractivity contribution in [2.24, 2.45) is 11.8 Å². The summed E-state index contributed by atoms with van der Waals surface area (Å²) in [5.74, 6) is 0.609. The van der Waals surface area contributed by atoms with E-state index in [2.05, 4.69) is 6.92 Å². The molecule has 1 aliphatic carbocycles. The van der Waals surface area contributed by atoms with E-state index in [1.807, 2.05) is 17.0 Å². The fraction of sp³-hybridized carbons (Fsp3) is 0.611. The minimum atomic E-state index is -0.206. The van der Waals surface area contributed by atoms with E-state index in [0.29, 0.717) is 22.4 Å². The molecule has 0 bridgehead atoms. The normalized spacial score (nSPS) is 31.7. The van der Waals surface area contributed by atoms with Gasteiger partial charge in [-0.1, -0.05) is 36.2 Å². The third-order valence-corrected chi connectivity index (χ3v) is 5.92. The number of carbonyl (C=O) groups excluding carboxylic acids is 1. The van der Waals surface area contributed by atoms with Gasteiger partial charge < -0.3 is 10.0 Å². The Balaban J connectivity index is 1.67. The number of carbonyl (C=O) groups is 1. The number of hydrogen-bond donors (Lipinski definition) is 1. The van der Waals surface area contributed by atoms with E-state index in [9.17, 15) is 9.90 Å². The first kappa shape index (κ1) is 17.1. The largest absolute Gasteiger partial charge is 0.393 e. The van der Waals surface area contributed by atoms with Gasteiger partial charge in [-0.2, -0.15) is 0 Å². The summed E-state index contributed by atoms with van der Waals surface area (Å²) < 4.78 is 0. The zero-order chi connectivity index (χ0) is 16.6. The molecule has 2 aliphatic rings. The van der Waals surface area contributed by atoms with Crippen molar-refractivity contribution in [3.63, 3.8) is 0 Å². The second-order valence-electron chi connectivity index (χ2n) is 6.97. The Labute approximate surface area is 147 Å². The van der Waals surface area contributed by atoms with Gasteiger partial charge in [0.05, 0.1) is 6.10 Å².